The molecule has 1 unspecified atom stereocenters. The molecule has 0 radical (unpaired) electrons. The van der Waals surface area contributed by atoms with E-state index in [1.165, 1.54) is 0 Å². The minimum absolute atomic E-state index is 0.253. The van der Waals surface area contributed by atoms with E-state index < -0.39 is 18.6 Å². The van der Waals surface area contributed by atoms with Crippen LogP contribution in [-0.4, -0.2) is 71.5 Å². The van der Waals surface area contributed by atoms with E-state index in [2.05, 4.69) is 4.90 Å². The molecule has 0 spiro atoms. The molecule has 7 nitrogen and oxygen atoms in total. The van der Waals surface area contributed by atoms with Crippen LogP contribution < -0.4 is 5.73 Å². The van der Waals surface area contributed by atoms with E-state index in [4.69, 9.17) is 20.5 Å². The third kappa shape index (κ3) is 7.24. The Bertz CT molecular complexity index is 313. The quantitative estimate of drug-likeness (QED) is 0.318. The molecule has 0 aliphatic carbocycles. The van der Waals surface area contributed by atoms with E-state index in [1.54, 1.807) is 0 Å². The van der Waals surface area contributed by atoms with Crippen LogP contribution in [0.15, 0.2) is 0 Å². The van der Waals surface area contributed by atoms with Crippen LogP contribution in [0.4, 0.5) is 0 Å². The first-order valence-electron chi connectivity index (χ1n) is 7.62. The van der Waals surface area contributed by atoms with E-state index in [-0.39, 0.29) is 6.32 Å². The molecule has 5 N–H and O–H groups in total. The number of carbonyl (C=O) groups is 1. The Morgan fingerprint density at radius 2 is 1.81 bits per heavy atom. The van der Waals surface area contributed by atoms with Gasteiger partial charge in [-0.05, 0) is 32.1 Å². The molecule has 21 heavy (non-hydrogen) atoms. The molecule has 0 bridgehead atoms. The molecule has 1 aliphatic rings. The Balaban J connectivity index is 2.28. The molecule has 1 rings (SSSR count). The number of hydrogen-bond donors (Lipinski definition) is 4. The number of aliphatic carboxylic acids is 1. The predicted molar refractivity (Wildman–Crippen MR) is 79.9 cm³/mol. The minimum atomic E-state index is -1.33. The first-order valence-corrected chi connectivity index (χ1v) is 7.62. The van der Waals surface area contributed by atoms with Crippen molar-refractivity contribution < 1.29 is 24.7 Å². The van der Waals surface area contributed by atoms with E-state index in [0.717, 1.165) is 39.3 Å². The third-order valence-corrected chi connectivity index (χ3v) is 3.96. The van der Waals surface area contributed by atoms with Crippen LogP contribution in [-0.2, 0) is 9.53 Å². The molecule has 0 amide bonds. The second-order valence-corrected chi connectivity index (χ2v) is 5.75. The largest absolute Gasteiger partial charge is 0.480 e. The second-order valence-electron chi connectivity index (χ2n) is 5.75. The second kappa shape index (κ2) is 9.37. The zero-order chi connectivity index (χ0) is 15.7. The van der Waals surface area contributed by atoms with Crippen molar-refractivity contribution in [2.24, 2.45) is 5.73 Å². The van der Waals surface area contributed by atoms with Crippen LogP contribution in [0.3, 0.4) is 0 Å². The fourth-order valence-corrected chi connectivity index (χ4v) is 2.55. The molecular formula is C13H27BN2O5. The highest BCUT2D eigenvalue weighted by Crippen LogP contribution is 2.20. The molecule has 1 atom stereocenters. The lowest BCUT2D eigenvalue weighted by Crippen LogP contribution is -2.48. The van der Waals surface area contributed by atoms with Gasteiger partial charge in [-0.2, -0.15) is 0 Å². The van der Waals surface area contributed by atoms with Gasteiger partial charge in [0.25, 0.3) is 0 Å². The lowest BCUT2D eigenvalue weighted by Gasteiger charge is -2.29. The van der Waals surface area contributed by atoms with Gasteiger partial charge in [0, 0.05) is 13.1 Å². The standard InChI is InChI=1S/C13H27BN2O5/c15-13(12(17)18,4-1-2-6-14(19)20)5-3-7-16-8-10-21-11-9-16/h19-20H,1-11,15H2,(H,17,18). The summed E-state index contributed by atoms with van der Waals surface area (Å²) in [6, 6.07) is 0. The summed E-state index contributed by atoms with van der Waals surface area (Å²) in [5.41, 5.74) is 4.79. The highest BCUT2D eigenvalue weighted by molar-refractivity contribution is 6.40. The Morgan fingerprint density at radius 1 is 1.19 bits per heavy atom. The monoisotopic (exact) mass is 302 g/mol. The van der Waals surface area contributed by atoms with Gasteiger partial charge in [-0.3, -0.25) is 9.69 Å². The number of rotatable bonds is 10. The van der Waals surface area contributed by atoms with Crippen molar-refractivity contribution in [1.82, 2.24) is 4.90 Å². The number of carboxylic acids is 1. The molecule has 1 fully saturated rings. The Labute approximate surface area is 126 Å². The first kappa shape index (κ1) is 18.4. The van der Waals surface area contributed by atoms with Gasteiger partial charge in [0.2, 0.25) is 0 Å². The molecule has 8 heteroatoms. The summed E-state index contributed by atoms with van der Waals surface area (Å²) < 4.78 is 5.27. The summed E-state index contributed by atoms with van der Waals surface area (Å²) in [6.45, 7) is 4.08. The van der Waals surface area contributed by atoms with Crippen molar-refractivity contribution in [2.75, 3.05) is 32.8 Å². The highest BCUT2D eigenvalue weighted by Gasteiger charge is 2.33. The molecule has 0 aromatic rings. The summed E-state index contributed by atoms with van der Waals surface area (Å²) in [5.74, 6) is -0.978. The molecule has 0 saturated carbocycles. The smallest absolute Gasteiger partial charge is 0.451 e. The fourth-order valence-electron chi connectivity index (χ4n) is 2.55. The normalized spacial score (nSPS) is 19.2. The van der Waals surface area contributed by atoms with E-state index >= 15 is 0 Å². The molecule has 1 aliphatic heterocycles. The maximum absolute atomic E-state index is 11.4. The van der Waals surface area contributed by atoms with Gasteiger partial charge in [-0.15, -0.1) is 0 Å². The number of hydrogen-bond acceptors (Lipinski definition) is 6. The summed E-state index contributed by atoms with van der Waals surface area (Å²) in [5, 5.41) is 26.9. The minimum Gasteiger partial charge on any atom is -0.480 e. The molecule has 1 heterocycles. The van der Waals surface area contributed by atoms with Gasteiger partial charge >= 0.3 is 13.1 Å². The average molecular weight is 302 g/mol. The van der Waals surface area contributed by atoms with Crippen LogP contribution >= 0.6 is 0 Å². The lowest BCUT2D eigenvalue weighted by molar-refractivity contribution is -0.144. The van der Waals surface area contributed by atoms with Crippen molar-refractivity contribution >= 4 is 13.1 Å². The van der Waals surface area contributed by atoms with Crippen molar-refractivity contribution in [3.63, 3.8) is 0 Å². The number of morpholine rings is 1. The van der Waals surface area contributed by atoms with Gasteiger partial charge in [0.1, 0.15) is 5.54 Å². The topological polar surface area (TPSA) is 116 Å². The van der Waals surface area contributed by atoms with Crippen molar-refractivity contribution in [1.29, 1.82) is 0 Å². The third-order valence-electron chi connectivity index (χ3n) is 3.96. The van der Waals surface area contributed by atoms with Gasteiger partial charge in [0.05, 0.1) is 13.2 Å². The van der Waals surface area contributed by atoms with Gasteiger partial charge in [-0.1, -0.05) is 12.8 Å². The van der Waals surface area contributed by atoms with E-state index in [0.29, 0.717) is 25.7 Å². The zero-order valence-electron chi connectivity index (χ0n) is 12.5. The van der Waals surface area contributed by atoms with Gasteiger partial charge in [-0.25, -0.2) is 0 Å². The summed E-state index contributed by atoms with van der Waals surface area (Å²) in [7, 11) is -1.33. The maximum atomic E-state index is 11.4. The Morgan fingerprint density at radius 3 is 2.38 bits per heavy atom. The summed E-state index contributed by atoms with van der Waals surface area (Å²) in [6.07, 6.45) is 2.93. The molecule has 1 saturated heterocycles. The maximum Gasteiger partial charge on any atom is 0.451 e. The molecule has 0 aromatic carbocycles. The predicted octanol–water partition coefficient (Wildman–Crippen LogP) is -0.476. The zero-order valence-corrected chi connectivity index (χ0v) is 12.5. The SMILES string of the molecule is NC(CCCCB(O)O)(CCCN1CCOCC1)C(=O)O. The van der Waals surface area contributed by atoms with Crippen LogP contribution in [0.5, 0.6) is 0 Å². The lowest BCUT2D eigenvalue weighted by atomic mass is 9.81. The molecule has 0 aromatic heterocycles. The average Bonchev–Trinajstić information content (AvgIpc) is 2.44. The van der Waals surface area contributed by atoms with Gasteiger partial charge in [0.15, 0.2) is 0 Å². The molecule has 122 valence electrons. The Hall–Kier alpha value is -0.665. The summed E-state index contributed by atoms with van der Waals surface area (Å²) >= 11 is 0. The van der Waals surface area contributed by atoms with Crippen molar-refractivity contribution in [3.8, 4) is 0 Å². The first-order chi connectivity index (χ1) is 9.94. The number of unbranched alkanes of at least 4 members (excludes halogenated alkanes) is 1. The molecular weight excluding hydrogens is 275 g/mol. The fraction of sp³-hybridized carbons (Fsp3) is 0.923. The van der Waals surface area contributed by atoms with Crippen LogP contribution in [0, 0.1) is 0 Å². The van der Waals surface area contributed by atoms with Crippen molar-refractivity contribution in [2.45, 2.75) is 44.0 Å². The Kier molecular flexibility index (Phi) is 8.20. The van der Waals surface area contributed by atoms with Crippen LogP contribution in [0.25, 0.3) is 0 Å². The van der Waals surface area contributed by atoms with Crippen LogP contribution in [0.2, 0.25) is 6.32 Å². The number of nitrogens with two attached hydrogens (primary N) is 1. The number of ether oxygens (including phenoxy) is 1. The summed E-state index contributed by atoms with van der Waals surface area (Å²) in [4.78, 5) is 13.6. The van der Waals surface area contributed by atoms with Crippen molar-refractivity contribution in [3.05, 3.63) is 0 Å². The van der Waals surface area contributed by atoms with E-state index in [9.17, 15) is 9.90 Å². The van der Waals surface area contributed by atoms with E-state index in [1.807, 2.05) is 0 Å². The number of nitrogens with zero attached hydrogens (tertiary/aromatic N) is 1. The van der Waals surface area contributed by atoms with Crippen LogP contribution in [0.1, 0.15) is 32.1 Å². The van der Waals surface area contributed by atoms with Gasteiger partial charge < -0.3 is 25.6 Å². The highest BCUT2D eigenvalue weighted by atomic mass is 16.5. The number of carboxylic acid groups (broad SMARTS) is 1.